The number of amides is 5. The smallest absolute Gasteiger partial charge is 0.326 e. The third-order valence-electron chi connectivity index (χ3n) is 5.43. The van der Waals surface area contributed by atoms with E-state index in [4.69, 9.17) is 28.7 Å². The van der Waals surface area contributed by atoms with Crippen LogP contribution in [0.4, 0.5) is 0 Å². The third kappa shape index (κ3) is 13.6. The summed E-state index contributed by atoms with van der Waals surface area (Å²) in [6, 6.07) is -5.15. The molecule has 0 spiro atoms. The van der Waals surface area contributed by atoms with Gasteiger partial charge in [0.05, 0.1) is 12.5 Å². The molecule has 5 atom stereocenters. The third-order valence-corrected chi connectivity index (χ3v) is 5.43. The number of carbonyl (C=O) groups excluding carboxylic acids is 5. The van der Waals surface area contributed by atoms with E-state index < -0.39 is 72.0 Å². The summed E-state index contributed by atoms with van der Waals surface area (Å²) in [7, 11) is 0. The van der Waals surface area contributed by atoms with Crippen LogP contribution in [-0.2, 0) is 28.8 Å². The minimum absolute atomic E-state index is 0.0379. The SMILES string of the molecule is CCC(C)C(NC(=O)C(N)CCC(N)=O)C(=O)NC(CC(N)=O)C(=O)NC(CCCN=C(N)N)C(=O)O. The van der Waals surface area contributed by atoms with Crippen molar-refractivity contribution in [2.75, 3.05) is 6.54 Å². The number of hydrogen-bond acceptors (Lipinski definition) is 8. The Morgan fingerprint density at radius 2 is 1.43 bits per heavy atom. The number of guanidine groups is 1. The summed E-state index contributed by atoms with van der Waals surface area (Å²) in [5.41, 5.74) is 26.5. The van der Waals surface area contributed by atoms with Gasteiger partial charge in [-0.15, -0.1) is 0 Å². The van der Waals surface area contributed by atoms with Gasteiger partial charge in [-0.25, -0.2) is 4.79 Å². The van der Waals surface area contributed by atoms with E-state index in [1.807, 2.05) is 0 Å². The van der Waals surface area contributed by atoms with E-state index in [1.165, 1.54) is 0 Å². The molecule has 0 aromatic rings. The molecule has 37 heavy (non-hydrogen) atoms. The zero-order valence-corrected chi connectivity index (χ0v) is 21.1. The van der Waals surface area contributed by atoms with Gasteiger partial charge in [-0.3, -0.25) is 29.0 Å². The summed E-state index contributed by atoms with van der Waals surface area (Å²) >= 11 is 0. The average molecular weight is 530 g/mol. The maximum absolute atomic E-state index is 13.0. The van der Waals surface area contributed by atoms with Crippen molar-refractivity contribution in [2.24, 2.45) is 39.6 Å². The second-order valence-electron chi connectivity index (χ2n) is 8.56. The van der Waals surface area contributed by atoms with Gasteiger partial charge in [-0.05, 0) is 25.2 Å². The van der Waals surface area contributed by atoms with Crippen LogP contribution < -0.4 is 44.6 Å². The Balaban J connectivity index is 5.52. The molecule has 0 aromatic carbocycles. The maximum Gasteiger partial charge on any atom is 0.326 e. The van der Waals surface area contributed by atoms with Gasteiger partial charge < -0.3 is 49.7 Å². The lowest BCUT2D eigenvalue weighted by Gasteiger charge is -2.27. The van der Waals surface area contributed by atoms with E-state index in [9.17, 15) is 33.9 Å². The number of primary amides is 2. The molecule has 0 saturated carbocycles. The van der Waals surface area contributed by atoms with E-state index in [0.717, 1.165) is 0 Å². The molecular formula is C21H39N9O7. The predicted molar refractivity (Wildman–Crippen MR) is 133 cm³/mol. The van der Waals surface area contributed by atoms with Crippen molar-refractivity contribution >= 4 is 41.5 Å². The van der Waals surface area contributed by atoms with Crippen LogP contribution in [0, 0.1) is 5.92 Å². The van der Waals surface area contributed by atoms with E-state index in [0.29, 0.717) is 6.42 Å². The summed E-state index contributed by atoms with van der Waals surface area (Å²) in [5.74, 6) is -6.02. The first-order valence-corrected chi connectivity index (χ1v) is 11.7. The molecule has 0 saturated heterocycles. The number of nitrogens with zero attached hydrogens (tertiary/aromatic N) is 1. The summed E-state index contributed by atoms with van der Waals surface area (Å²) in [5, 5.41) is 16.5. The van der Waals surface area contributed by atoms with E-state index in [1.54, 1.807) is 13.8 Å². The molecule has 14 N–H and O–H groups in total. The van der Waals surface area contributed by atoms with Gasteiger partial charge in [0.2, 0.25) is 29.5 Å². The second kappa shape index (κ2) is 16.7. The normalized spacial score (nSPS) is 14.7. The molecule has 16 nitrogen and oxygen atoms in total. The molecule has 0 fully saturated rings. The topological polar surface area (TPSA) is 301 Å². The van der Waals surface area contributed by atoms with Crippen LogP contribution in [0.15, 0.2) is 4.99 Å². The average Bonchev–Trinajstić information content (AvgIpc) is 2.80. The molecule has 0 radical (unpaired) electrons. The van der Waals surface area contributed by atoms with Crippen LogP contribution in [0.5, 0.6) is 0 Å². The standard InChI is InChI=1S/C21H39N9O7/c1-3-10(2)16(30-17(33)11(22)6-7-14(23)31)19(35)29-13(9-15(24)32)18(34)28-12(20(36)37)5-4-8-27-21(25)26/h10-13,16H,3-9,22H2,1-2H3,(H2,23,31)(H2,24,32)(H,28,34)(H,29,35)(H,30,33)(H,36,37)(H4,25,26,27). The maximum atomic E-state index is 13.0. The van der Waals surface area contributed by atoms with Gasteiger partial charge in [-0.2, -0.15) is 0 Å². The molecule has 0 aromatic heterocycles. The van der Waals surface area contributed by atoms with Crippen LogP contribution >= 0.6 is 0 Å². The molecule has 0 bridgehead atoms. The Bertz CT molecular complexity index is 861. The van der Waals surface area contributed by atoms with Crippen molar-refractivity contribution < 1.29 is 33.9 Å². The molecule has 16 heteroatoms. The van der Waals surface area contributed by atoms with E-state index in [-0.39, 0.29) is 38.2 Å². The molecule has 0 heterocycles. The van der Waals surface area contributed by atoms with Crippen molar-refractivity contribution in [1.29, 1.82) is 0 Å². The number of aliphatic imine (C=N–C) groups is 1. The van der Waals surface area contributed by atoms with E-state index in [2.05, 4.69) is 20.9 Å². The van der Waals surface area contributed by atoms with Crippen LogP contribution in [0.2, 0.25) is 0 Å². The molecule has 5 amide bonds. The summed E-state index contributed by atoms with van der Waals surface area (Å²) < 4.78 is 0. The quantitative estimate of drug-likeness (QED) is 0.0472. The Hall–Kier alpha value is -3.95. The number of nitrogens with two attached hydrogens (primary N) is 5. The number of carboxylic acid groups (broad SMARTS) is 1. The highest BCUT2D eigenvalue weighted by Gasteiger charge is 2.33. The van der Waals surface area contributed by atoms with Gasteiger partial charge in [0, 0.05) is 13.0 Å². The molecule has 0 rings (SSSR count). The van der Waals surface area contributed by atoms with Gasteiger partial charge in [-0.1, -0.05) is 20.3 Å². The van der Waals surface area contributed by atoms with Gasteiger partial charge in [0.1, 0.15) is 18.1 Å². The Kier molecular flexibility index (Phi) is 14.9. The predicted octanol–water partition coefficient (Wildman–Crippen LogP) is -3.91. The number of nitrogens with one attached hydrogen (secondary N) is 3. The van der Waals surface area contributed by atoms with Gasteiger partial charge >= 0.3 is 5.97 Å². The summed E-state index contributed by atoms with van der Waals surface area (Å²) in [6.07, 6.45) is -0.172. The molecule has 0 aliphatic carbocycles. The molecule has 210 valence electrons. The minimum Gasteiger partial charge on any atom is -0.480 e. The Morgan fingerprint density at radius 3 is 1.92 bits per heavy atom. The van der Waals surface area contributed by atoms with Crippen molar-refractivity contribution in [2.45, 2.75) is 76.5 Å². The fourth-order valence-corrected chi connectivity index (χ4v) is 3.10. The molecule has 5 unspecified atom stereocenters. The van der Waals surface area contributed by atoms with Gasteiger partial charge in [0.15, 0.2) is 5.96 Å². The van der Waals surface area contributed by atoms with Crippen LogP contribution in [0.1, 0.15) is 52.4 Å². The fourth-order valence-electron chi connectivity index (χ4n) is 3.10. The lowest BCUT2D eigenvalue weighted by Crippen LogP contribution is -2.59. The summed E-state index contributed by atoms with van der Waals surface area (Å²) in [4.78, 5) is 76.1. The number of aliphatic carboxylic acids is 1. The van der Waals surface area contributed by atoms with Crippen molar-refractivity contribution in [1.82, 2.24) is 16.0 Å². The number of rotatable bonds is 18. The number of hydrogen-bond donors (Lipinski definition) is 9. The number of carboxylic acids is 1. The highest BCUT2D eigenvalue weighted by Crippen LogP contribution is 2.10. The molecular weight excluding hydrogens is 490 g/mol. The van der Waals surface area contributed by atoms with Crippen molar-refractivity contribution in [3.63, 3.8) is 0 Å². The van der Waals surface area contributed by atoms with Crippen molar-refractivity contribution in [3.8, 4) is 0 Å². The van der Waals surface area contributed by atoms with Crippen LogP contribution in [0.3, 0.4) is 0 Å². The summed E-state index contributed by atoms with van der Waals surface area (Å²) in [6.45, 7) is 3.55. The zero-order valence-electron chi connectivity index (χ0n) is 21.1. The van der Waals surface area contributed by atoms with E-state index >= 15 is 0 Å². The lowest BCUT2D eigenvalue weighted by molar-refractivity contribution is -0.142. The first-order chi connectivity index (χ1) is 17.2. The lowest BCUT2D eigenvalue weighted by atomic mass is 9.97. The molecule has 0 aliphatic rings. The Labute approximate surface area is 214 Å². The first kappa shape index (κ1) is 33.0. The van der Waals surface area contributed by atoms with Gasteiger partial charge in [0.25, 0.3) is 0 Å². The first-order valence-electron chi connectivity index (χ1n) is 11.7. The van der Waals surface area contributed by atoms with Crippen LogP contribution in [-0.4, -0.2) is 77.3 Å². The highest BCUT2D eigenvalue weighted by molar-refractivity contribution is 5.96. The van der Waals surface area contributed by atoms with Crippen LogP contribution in [0.25, 0.3) is 0 Å². The zero-order chi connectivity index (χ0) is 28.7. The Morgan fingerprint density at radius 1 is 0.838 bits per heavy atom. The van der Waals surface area contributed by atoms with Crippen molar-refractivity contribution in [3.05, 3.63) is 0 Å². The highest BCUT2D eigenvalue weighted by atomic mass is 16.4. The second-order valence-corrected chi connectivity index (χ2v) is 8.56. The largest absolute Gasteiger partial charge is 0.480 e. The fraction of sp³-hybridized carbons (Fsp3) is 0.667. The number of carbonyl (C=O) groups is 6. The monoisotopic (exact) mass is 529 g/mol. The minimum atomic E-state index is -1.52. The molecule has 0 aliphatic heterocycles.